The van der Waals surface area contributed by atoms with E-state index in [4.69, 9.17) is 4.74 Å². The molecule has 0 aromatic rings. The van der Waals surface area contributed by atoms with Gasteiger partial charge in [0, 0.05) is 19.7 Å². The van der Waals surface area contributed by atoms with Crippen LogP contribution in [0.25, 0.3) is 0 Å². The van der Waals surface area contributed by atoms with Crippen molar-refractivity contribution < 1.29 is 9.53 Å². The number of nitrogens with one attached hydrogen (secondary N) is 2. The van der Waals surface area contributed by atoms with Gasteiger partial charge in [-0.05, 0) is 32.9 Å². The van der Waals surface area contributed by atoms with Crippen molar-refractivity contribution >= 4 is 5.91 Å². The third-order valence-corrected chi connectivity index (χ3v) is 3.46. The molecule has 0 aliphatic carbocycles. The zero-order valence-electron chi connectivity index (χ0n) is 10.6. The minimum Gasteiger partial charge on any atom is -0.379 e. The molecule has 2 heterocycles. The molecular weight excluding hydrogens is 218 g/mol. The number of carbonyl (C=O) groups excluding carboxylic acids is 1. The van der Waals surface area contributed by atoms with Gasteiger partial charge in [-0.3, -0.25) is 9.69 Å². The Morgan fingerprint density at radius 2 is 2.35 bits per heavy atom. The lowest BCUT2D eigenvalue weighted by Crippen LogP contribution is -2.50. The molecule has 2 fully saturated rings. The summed E-state index contributed by atoms with van der Waals surface area (Å²) in [6.07, 6.45) is 2.04. The molecule has 2 aliphatic rings. The van der Waals surface area contributed by atoms with E-state index in [9.17, 15) is 4.79 Å². The second kappa shape index (κ2) is 5.80. The maximum atomic E-state index is 12.0. The predicted octanol–water partition coefficient (Wildman–Crippen LogP) is -0.423. The largest absolute Gasteiger partial charge is 0.379 e. The van der Waals surface area contributed by atoms with E-state index >= 15 is 0 Å². The van der Waals surface area contributed by atoms with Gasteiger partial charge in [0.1, 0.15) is 0 Å². The minimum absolute atomic E-state index is 0.125. The van der Waals surface area contributed by atoms with E-state index in [0.29, 0.717) is 13.2 Å². The molecule has 5 heteroatoms. The second-order valence-corrected chi connectivity index (χ2v) is 5.29. The van der Waals surface area contributed by atoms with Crippen molar-refractivity contribution in [2.24, 2.45) is 0 Å². The highest BCUT2D eigenvalue weighted by molar-refractivity contribution is 5.78. The van der Waals surface area contributed by atoms with Gasteiger partial charge in [0.25, 0.3) is 0 Å². The zero-order valence-corrected chi connectivity index (χ0v) is 10.6. The van der Waals surface area contributed by atoms with Gasteiger partial charge >= 0.3 is 0 Å². The fraction of sp³-hybridized carbons (Fsp3) is 0.917. The Morgan fingerprint density at radius 1 is 1.47 bits per heavy atom. The topological polar surface area (TPSA) is 53.6 Å². The zero-order chi connectivity index (χ0) is 12.1. The average Bonchev–Trinajstić information content (AvgIpc) is 2.54. The average molecular weight is 241 g/mol. The Bertz CT molecular complexity index is 256. The SMILES string of the molecule is CC1(NC(=O)CN2CCCNCC2)CCOC1. The summed E-state index contributed by atoms with van der Waals surface area (Å²) in [5.74, 6) is 0.125. The smallest absolute Gasteiger partial charge is 0.234 e. The highest BCUT2D eigenvalue weighted by Crippen LogP contribution is 2.17. The maximum Gasteiger partial charge on any atom is 0.234 e. The van der Waals surface area contributed by atoms with Gasteiger partial charge < -0.3 is 15.4 Å². The van der Waals surface area contributed by atoms with E-state index in [0.717, 1.165) is 45.6 Å². The van der Waals surface area contributed by atoms with E-state index in [1.807, 2.05) is 0 Å². The first-order valence-corrected chi connectivity index (χ1v) is 6.50. The molecule has 1 unspecified atom stereocenters. The normalized spacial score (nSPS) is 31.1. The maximum absolute atomic E-state index is 12.0. The molecule has 2 aliphatic heterocycles. The molecule has 2 rings (SSSR count). The van der Waals surface area contributed by atoms with Crippen LogP contribution in [0.2, 0.25) is 0 Å². The van der Waals surface area contributed by atoms with E-state index in [-0.39, 0.29) is 11.4 Å². The second-order valence-electron chi connectivity index (χ2n) is 5.29. The van der Waals surface area contributed by atoms with Gasteiger partial charge in [0.2, 0.25) is 5.91 Å². The number of hydrogen-bond acceptors (Lipinski definition) is 4. The molecule has 0 saturated carbocycles. The summed E-state index contributed by atoms with van der Waals surface area (Å²) in [7, 11) is 0. The van der Waals surface area contributed by atoms with Crippen molar-refractivity contribution in [3.05, 3.63) is 0 Å². The Kier molecular flexibility index (Phi) is 4.36. The molecule has 0 aromatic heterocycles. The Hall–Kier alpha value is -0.650. The van der Waals surface area contributed by atoms with Crippen LogP contribution in [-0.2, 0) is 9.53 Å². The lowest BCUT2D eigenvalue weighted by molar-refractivity contribution is -0.124. The molecule has 0 radical (unpaired) electrons. The van der Waals surface area contributed by atoms with Crippen molar-refractivity contribution in [1.82, 2.24) is 15.5 Å². The van der Waals surface area contributed by atoms with Crippen LogP contribution in [0.3, 0.4) is 0 Å². The van der Waals surface area contributed by atoms with Gasteiger partial charge in [-0.25, -0.2) is 0 Å². The van der Waals surface area contributed by atoms with Crippen molar-refractivity contribution in [2.75, 3.05) is 45.9 Å². The summed E-state index contributed by atoms with van der Waals surface area (Å²) in [6, 6.07) is 0. The molecule has 0 aromatic carbocycles. The lowest BCUT2D eigenvalue weighted by atomic mass is 10.0. The Balaban J connectivity index is 1.75. The molecule has 1 amide bonds. The molecular formula is C12H23N3O2. The molecule has 2 N–H and O–H groups in total. The quantitative estimate of drug-likeness (QED) is 0.704. The first-order valence-electron chi connectivity index (χ1n) is 6.50. The molecule has 1 atom stereocenters. The van der Waals surface area contributed by atoms with E-state index in [1.54, 1.807) is 0 Å². The summed E-state index contributed by atoms with van der Waals surface area (Å²) >= 11 is 0. The molecule has 2 saturated heterocycles. The Morgan fingerprint density at radius 3 is 3.12 bits per heavy atom. The van der Waals surface area contributed by atoms with Gasteiger partial charge in [-0.15, -0.1) is 0 Å². The Labute approximate surface area is 103 Å². The number of hydrogen-bond donors (Lipinski definition) is 2. The van der Waals surface area contributed by atoms with Gasteiger partial charge in [-0.1, -0.05) is 0 Å². The fourth-order valence-corrected chi connectivity index (χ4v) is 2.40. The minimum atomic E-state index is -0.152. The van der Waals surface area contributed by atoms with Crippen molar-refractivity contribution in [3.8, 4) is 0 Å². The standard InChI is InChI=1S/C12H23N3O2/c1-12(3-8-17-10-12)14-11(16)9-15-6-2-4-13-5-7-15/h13H,2-10H2,1H3,(H,14,16). The van der Waals surface area contributed by atoms with Crippen LogP contribution in [0.1, 0.15) is 19.8 Å². The van der Waals surface area contributed by atoms with Crippen molar-refractivity contribution in [1.29, 1.82) is 0 Å². The fourth-order valence-electron chi connectivity index (χ4n) is 2.40. The highest BCUT2D eigenvalue weighted by atomic mass is 16.5. The summed E-state index contributed by atoms with van der Waals surface area (Å²) in [6.45, 7) is 7.97. The van der Waals surface area contributed by atoms with E-state index < -0.39 is 0 Å². The van der Waals surface area contributed by atoms with Gasteiger partial charge in [0.15, 0.2) is 0 Å². The monoisotopic (exact) mass is 241 g/mol. The number of amides is 1. The molecule has 0 spiro atoms. The van der Waals surface area contributed by atoms with Crippen LogP contribution in [-0.4, -0.2) is 62.3 Å². The summed E-state index contributed by atoms with van der Waals surface area (Å²) in [5, 5.41) is 6.43. The summed E-state index contributed by atoms with van der Waals surface area (Å²) < 4.78 is 5.33. The molecule has 0 bridgehead atoms. The van der Waals surface area contributed by atoms with Crippen LogP contribution in [0.5, 0.6) is 0 Å². The molecule has 17 heavy (non-hydrogen) atoms. The van der Waals surface area contributed by atoms with Crippen LogP contribution >= 0.6 is 0 Å². The van der Waals surface area contributed by atoms with Crippen molar-refractivity contribution in [2.45, 2.75) is 25.3 Å². The third kappa shape index (κ3) is 3.94. The van der Waals surface area contributed by atoms with Crippen LogP contribution in [0.4, 0.5) is 0 Å². The first kappa shape index (κ1) is 12.8. The van der Waals surface area contributed by atoms with Crippen molar-refractivity contribution in [3.63, 3.8) is 0 Å². The van der Waals surface area contributed by atoms with Crippen LogP contribution < -0.4 is 10.6 Å². The van der Waals surface area contributed by atoms with Crippen LogP contribution in [0, 0.1) is 0 Å². The predicted molar refractivity (Wildman–Crippen MR) is 65.9 cm³/mol. The van der Waals surface area contributed by atoms with Crippen LogP contribution in [0.15, 0.2) is 0 Å². The lowest BCUT2D eigenvalue weighted by Gasteiger charge is -2.26. The molecule has 5 nitrogen and oxygen atoms in total. The highest BCUT2D eigenvalue weighted by Gasteiger charge is 2.31. The first-order chi connectivity index (χ1) is 8.18. The van der Waals surface area contributed by atoms with Gasteiger partial charge in [-0.2, -0.15) is 0 Å². The van der Waals surface area contributed by atoms with Gasteiger partial charge in [0.05, 0.1) is 18.7 Å². The molecule has 98 valence electrons. The summed E-state index contributed by atoms with van der Waals surface area (Å²) in [5.41, 5.74) is -0.152. The van der Waals surface area contributed by atoms with E-state index in [2.05, 4.69) is 22.5 Å². The van der Waals surface area contributed by atoms with E-state index in [1.165, 1.54) is 0 Å². The summed E-state index contributed by atoms with van der Waals surface area (Å²) in [4.78, 5) is 14.2. The third-order valence-electron chi connectivity index (χ3n) is 3.46. The number of nitrogens with zero attached hydrogens (tertiary/aromatic N) is 1. The number of carbonyl (C=O) groups is 1. The number of rotatable bonds is 3. The number of ether oxygens (including phenoxy) is 1.